The number of carbonyl (C=O) groups is 4. The molecule has 1 atom stereocenters. The van der Waals surface area contributed by atoms with Gasteiger partial charge >= 0.3 is 0 Å². The highest BCUT2D eigenvalue weighted by molar-refractivity contribution is 7.20. The molecule has 0 saturated heterocycles. The number of hydrogen-bond acceptors (Lipinski definition) is 6. The predicted octanol–water partition coefficient (Wildman–Crippen LogP) is 4.15. The number of amides is 3. The van der Waals surface area contributed by atoms with Crippen molar-refractivity contribution in [2.24, 2.45) is 5.92 Å². The van der Waals surface area contributed by atoms with Gasteiger partial charge < -0.3 is 16.0 Å². The maximum Gasteiger partial charge on any atom is 0.262 e. The second-order valence-electron chi connectivity index (χ2n) is 9.93. The van der Waals surface area contributed by atoms with Gasteiger partial charge in [-0.25, -0.2) is 0 Å². The number of nitrogens with one attached hydrogen (secondary N) is 3. The first-order chi connectivity index (χ1) is 19.3. The Hall–Kier alpha value is -4.37. The van der Waals surface area contributed by atoms with E-state index in [-0.39, 0.29) is 43.0 Å². The topological polar surface area (TPSA) is 117 Å². The zero-order valence-electron chi connectivity index (χ0n) is 22.5. The van der Waals surface area contributed by atoms with Crippen LogP contribution in [0, 0.1) is 5.92 Å². The van der Waals surface area contributed by atoms with E-state index in [1.165, 1.54) is 11.3 Å². The number of thiophene rings is 1. The van der Waals surface area contributed by atoms with Gasteiger partial charge in [-0.15, -0.1) is 11.3 Å². The largest absolute Gasteiger partial charge is 0.349 e. The van der Waals surface area contributed by atoms with E-state index >= 15 is 0 Å². The van der Waals surface area contributed by atoms with Crippen molar-refractivity contribution in [1.29, 1.82) is 0 Å². The highest BCUT2D eigenvalue weighted by Gasteiger charge is 2.24. The summed E-state index contributed by atoms with van der Waals surface area (Å²) in [6, 6.07) is 21.9. The van der Waals surface area contributed by atoms with Gasteiger partial charge in [-0.05, 0) is 53.6 Å². The summed E-state index contributed by atoms with van der Waals surface area (Å²) in [6.45, 7) is 3.46. The Morgan fingerprint density at radius 1 is 0.875 bits per heavy atom. The summed E-state index contributed by atoms with van der Waals surface area (Å²) in [6.07, 6.45) is 2.25. The minimum absolute atomic E-state index is 0.112. The van der Waals surface area contributed by atoms with Crippen molar-refractivity contribution < 1.29 is 19.2 Å². The highest BCUT2D eigenvalue weighted by Crippen LogP contribution is 2.25. The molecule has 3 N–H and O–H groups in total. The van der Waals surface area contributed by atoms with Crippen molar-refractivity contribution in [3.8, 4) is 11.3 Å². The lowest BCUT2D eigenvalue weighted by atomic mass is 10.0. The molecule has 0 bridgehead atoms. The van der Waals surface area contributed by atoms with Gasteiger partial charge in [0.25, 0.3) is 5.91 Å². The Labute approximate surface area is 237 Å². The van der Waals surface area contributed by atoms with Crippen LogP contribution in [0.4, 0.5) is 0 Å². The number of rotatable bonds is 12. The highest BCUT2D eigenvalue weighted by atomic mass is 32.1. The molecule has 2 heterocycles. The molecule has 2 aromatic carbocycles. The first kappa shape index (κ1) is 28.6. The van der Waals surface area contributed by atoms with Crippen LogP contribution in [-0.2, 0) is 20.8 Å². The fourth-order valence-corrected chi connectivity index (χ4v) is 5.18. The third kappa shape index (κ3) is 8.07. The molecule has 206 valence electrons. The monoisotopic (exact) mass is 556 g/mol. The van der Waals surface area contributed by atoms with Gasteiger partial charge in [0.2, 0.25) is 11.8 Å². The molecule has 40 heavy (non-hydrogen) atoms. The molecule has 0 spiro atoms. The molecule has 0 aliphatic rings. The fourth-order valence-electron chi connectivity index (χ4n) is 4.22. The fraction of sp³-hybridized carbons (Fsp3) is 0.258. The number of hydrogen-bond donors (Lipinski definition) is 3. The molecule has 0 radical (unpaired) electrons. The van der Waals surface area contributed by atoms with Crippen LogP contribution in [0.1, 0.15) is 35.5 Å². The van der Waals surface area contributed by atoms with E-state index in [0.29, 0.717) is 11.3 Å². The maximum absolute atomic E-state index is 12.9. The summed E-state index contributed by atoms with van der Waals surface area (Å²) in [5, 5.41) is 9.02. The van der Waals surface area contributed by atoms with Gasteiger partial charge in [0.05, 0.1) is 30.1 Å². The Balaban J connectivity index is 1.25. The summed E-state index contributed by atoms with van der Waals surface area (Å²) in [7, 11) is 0. The van der Waals surface area contributed by atoms with E-state index < -0.39 is 11.9 Å². The van der Waals surface area contributed by atoms with Crippen LogP contribution in [-0.4, -0.2) is 47.6 Å². The molecule has 8 nitrogen and oxygen atoms in total. The normalized spacial score (nSPS) is 11.7. The molecule has 0 aliphatic carbocycles. The SMILES string of the molecule is CC(C)C[C@H](NC(=O)c1cc2ccccc2s1)C(=O)NCC(=O)CNC(=O)Cc1cccc(-c2ccccn2)c1. The molecule has 0 fully saturated rings. The van der Waals surface area contributed by atoms with Gasteiger partial charge in [-0.1, -0.05) is 56.3 Å². The number of carbonyl (C=O) groups excluding carboxylic acids is 4. The summed E-state index contributed by atoms with van der Waals surface area (Å²) in [5.74, 6) is -1.26. The Bertz CT molecular complexity index is 1470. The Kier molecular flexibility index (Phi) is 9.75. The standard InChI is InChI=1S/C31H32N4O4S/c1-20(2)14-26(35-31(39)28-17-23-9-3-4-12-27(23)40-28)30(38)34-19-24(36)18-33-29(37)16-21-8-7-10-22(15-21)25-11-5-6-13-32-25/h3-13,15,17,20,26H,14,16,18-19H2,1-2H3,(H,33,37)(H,34,38)(H,35,39)/t26-/m0/s1. The summed E-state index contributed by atoms with van der Waals surface area (Å²) >= 11 is 1.36. The van der Waals surface area contributed by atoms with E-state index in [0.717, 1.165) is 26.9 Å². The van der Waals surface area contributed by atoms with Gasteiger partial charge in [0.1, 0.15) is 6.04 Å². The van der Waals surface area contributed by atoms with Gasteiger partial charge in [-0.3, -0.25) is 24.2 Å². The minimum atomic E-state index is -0.786. The van der Waals surface area contributed by atoms with Gasteiger partial charge in [-0.2, -0.15) is 0 Å². The zero-order valence-corrected chi connectivity index (χ0v) is 23.3. The van der Waals surface area contributed by atoms with E-state index in [4.69, 9.17) is 0 Å². The van der Waals surface area contributed by atoms with Crippen molar-refractivity contribution in [2.45, 2.75) is 32.7 Å². The molecule has 3 amide bonds. The van der Waals surface area contributed by atoms with E-state index in [1.807, 2.05) is 80.6 Å². The lowest BCUT2D eigenvalue weighted by Gasteiger charge is -2.19. The molecule has 9 heteroatoms. The van der Waals surface area contributed by atoms with Gasteiger partial charge in [0.15, 0.2) is 5.78 Å². The number of ketones is 1. The zero-order chi connectivity index (χ0) is 28.5. The van der Waals surface area contributed by atoms with Crippen LogP contribution in [0.5, 0.6) is 0 Å². The summed E-state index contributed by atoms with van der Waals surface area (Å²) in [4.78, 5) is 55.5. The Morgan fingerprint density at radius 3 is 2.40 bits per heavy atom. The third-order valence-corrected chi connectivity index (χ3v) is 7.29. The van der Waals surface area contributed by atoms with Crippen molar-refractivity contribution in [3.05, 3.63) is 89.4 Å². The van der Waals surface area contributed by atoms with Crippen molar-refractivity contribution >= 4 is 44.9 Å². The quantitative estimate of drug-likeness (QED) is 0.242. The average molecular weight is 557 g/mol. The van der Waals surface area contributed by atoms with Gasteiger partial charge in [0, 0.05) is 16.5 Å². The summed E-state index contributed by atoms with van der Waals surface area (Å²) in [5.41, 5.74) is 2.51. The average Bonchev–Trinajstić information content (AvgIpc) is 3.39. The first-order valence-electron chi connectivity index (χ1n) is 13.1. The molecule has 4 aromatic rings. The number of nitrogens with zero attached hydrogens (tertiary/aromatic N) is 1. The lowest BCUT2D eigenvalue weighted by Crippen LogP contribution is -2.49. The van der Waals surface area contributed by atoms with Crippen molar-refractivity contribution in [3.63, 3.8) is 0 Å². The number of aromatic nitrogens is 1. The molecule has 0 saturated carbocycles. The first-order valence-corrected chi connectivity index (χ1v) is 14.0. The third-order valence-electron chi connectivity index (χ3n) is 6.17. The second-order valence-corrected chi connectivity index (χ2v) is 11.0. The predicted molar refractivity (Wildman–Crippen MR) is 157 cm³/mol. The maximum atomic E-state index is 12.9. The van der Waals surface area contributed by atoms with E-state index in [2.05, 4.69) is 20.9 Å². The summed E-state index contributed by atoms with van der Waals surface area (Å²) < 4.78 is 0.992. The lowest BCUT2D eigenvalue weighted by molar-refractivity contribution is -0.127. The second kappa shape index (κ2) is 13.6. The number of benzene rings is 2. The van der Waals surface area contributed by atoms with Crippen LogP contribution in [0.25, 0.3) is 21.3 Å². The van der Waals surface area contributed by atoms with Crippen molar-refractivity contribution in [1.82, 2.24) is 20.9 Å². The van der Waals surface area contributed by atoms with Crippen LogP contribution in [0.2, 0.25) is 0 Å². The smallest absolute Gasteiger partial charge is 0.262 e. The van der Waals surface area contributed by atoms with Crippen molar-refractivity contribution in [2.75, 3.05) is 13.1 Å². The Morgan fingerprint density at radius 2 is 1.65 bits per heavy atom. The van der Waals surface area contributed by atoms with E-state index in [9.17, 15) is 19.2 Å². The molecule has 2 aromatic heterocycles. The number of Topliss-reactive ketones (excluding diaryl/α,β-unsaturated/α-hetero) is 1. The van der Waals surface area contributed by atoms with Crippen LogP contribution < -0.4 is 16.0 Å². The van der Waals surface area contributed by atoms with E-state index in [1.54, 1.807) is 12.3 Å². The molecule has 4 rings (SSSR count). The number of pyridine rings is 1. The van der Waals surface area contributed by atoms with Crippen LogP contribution in [0.3, 0.4) is 0 Å². The minimum Gasteiger partial charge on any atom is -0.349 e. The molecular formula is C31H32N4O4S. The molecule has 0 unspecified atom stereocenters. The van der Waals surface area contributed by atoms with Crippen LogP contribution >= 0.6 is 11.3 Å². The molecule has 0 aliphatic heterocycles. The van der Waals surface area contributed by atoms with Crippen LogP contribution in [0.15, 0.2) is 79.0 Å². The molecular weight excluding hydrogens is 524 g/mol. The number of fused-ring (bicyclic) bond motifs is 1.